The van der Waals surface area contributed by atoms with Crippen LogP contribution in [0.4, 0.5) is 10.5 Å². The lowest BCUT2D eigenvalue weighted by Gasteiger charge is -2.37. The van der Waals surface area contributed by atoms with Crippen LogP contribution in [0, 0.1) is 19.8 Å². The molecule has 0 spiro atoms. The zero-order valence-corrected chi connectivity index (χ0v) is 16.6. The van der Waals surface area contributed by atoms with Gasteiger partial charge in [0, 0.05) is 38.3 Å². The molecular formula is C21H28N4O3. The third-order valence-electron chi connectivity index (χ3n) is 6.31. The van der Waals surface area contributed by atoms with Gasteiger partial charge in [-0.25, -0.2) is 4.79 Å². The lowest BCUT2D eigenvalue weighted by Crippen LogP contribution is -2.52. The largest absolute Gasteiger partial charge is 0.368 e. The second kappa shape index (κ2) is 7.11. The summed E-state index contributed by atoms with van der Waals surface area (Å²) in [5, 5.41) is 5.14. The van der Waals surface area contributed by atoms with Crippen LogP contribution in [0.15, 0.2) is 18.2 Å². The molecule has 4 rings (SSSR count). The molecule has 7 heteroatoms. The van der Waals surface area contributed by atoms with Crippen molar-refractivity contribution in [2.45, 2.75) is 45.1 Å². The first-order chi connectivity index (χ1) is 13.4. The number of imide groups is 1. The van der Waals surface area contributed by atoms with E-state index in [0.29, 0.717) is 19.5 Å². The third kappa shape index (κ3) is 3.45. The monoisotopic (exact) mass is 384 g/mol. The van der Waals surface area contributed by atoms with Gasteiger partial charge in [-0.15, -0.1) is 0 Å². The number of carbonyl (C=O) groups excluding carboxylic acids is 3. The molecule has 0 aromatic heterocycles. The molecule has 1 atom stereocenters. The van der Waals surface area contributed by atoms with E-state index < -0.39 is 11.6 Å². The van der Waals surface area contributed by atoms with Crippen LogP contribution in [-0.4, -0.2) is 54.5 Å². The molecule has 2 aliphatic heterocycles. The Morgan fingerprint density at radius 2 is 1.86 bits per heavy atom. The number of benzene rings is 1. The first-order valence-corrected chi connectivity index (χ1v) is 10.1. The van der Waals surface area contributed by atoms with Gasteiger partial charge in [0.05, 0.1) is 0 Å². The summed E-state index contributed by atoms with van der Waals surface area (Å²) >= 11 is 0. The molecule has 3 fully saturated rings. The van der Waals surface area contributed by atoms with E-state index >= 15 is 0 Å². The molecule has 2 saturated heterocycles. The van der Waals surface area contributed by atoms with Gasteiger partial charge in [-0.3, -0.25) is 14.9 Å². The maximum atomic E-state index is 12.8. The van der Waals surface area contributed by atoms with Crippen molar-refractivity contribution in [3.05, 3.63) is 29.3 Å². The predicted octanol–water partition coefficient (Wildman–Crippen LogP) is 1.72. The van der Waals surface area contributed by atoms with Gasteiger partial charge < -0.3 is 15.1 Å². The quantitative estimate of drug-likeness (QED) is 0.758. The van der Waals surface area contributed by atoms with Crippen molar-refractivity contribution in [1.82, 2.24) is 15.5 Å². The second-order valence-corrected chi connectivity index (χ2v) is 8.31. The Labute approximate surface area is 165 Å². The molecule has 0 radical (unpaired) electrons. The molecular weight excluding hydrogens is 356 g/mol. The maximum absolute atomic E-state index is 12.8. The Kier molecular flexibility index (Phi) is 4.77. The molecule has 3 aliphatic rings. The van der Waals surface area contributed by atoms with E-state index in [1.165, 1.54) is 16.8 Å². The van der Waals surface area contributed by atoms with Gasteiger partial charge >= 0.3 is 6.03 Å². The summed E-state index contributed by atoms with van der Waals surface area (Å²) in [5.41, 5.74) is 2.85. The average Bonchev–Trinajstić information content (AvgIpc) is 3.48. The molecule has 2 heterocycles. The minimum Gasteiger partial charge on any atom is -0.368 e. The van der Waals surface area contributed by atoms with Gasteiger partial charge in [0.2, 0.25) is 5.91 Å². The summed E-state index contributed by atoms with van der Waals surface area (Å²) in [7, 11) is 0. The Hall–Kier alpha value is -2.57. The van der Waals surface area contributed by atoms with Crippen molar-refractivity contribution < 1.29 is 14.4 Å². The standard InChI is InChI=1S/C21H28N4O3/c1-14-3-4-15(2)17(13-14)24-9-11-25(12-10-24)18(26)7-8-21(16-5-6-16)19(27)22-20(28)23-21/h3-4,13,16H,5-12H2,1-2H3,(H2,22,23,27,28). The fourth-order valence-electron chi connectivity index (χ4n) is 4.47. The van der Waals surface area contributed by atoms with Gasteiger partial charge in [-0.2, -0.15) is 0 Å². The lowest BCUT2D eigenvalue weighted by atomic mass is 9.87. The molecule has 1 aromatic carbocycles. The number of carbonyl (C=O) groups is 3. The molecule has 1 saturated carbocycles. The molecule has 0 bridgehead atoms. The van der Waals surface area contributed by atoms with Gasteiger partial charge in [-0.05, 0) is 56.2 Å². The van der Waals surface area contributed by atoms with E-state index in [0.717, 1.165) is 25.9 Å². The van der Waals surface area contributed by atoms with Crippen molar-refractivity contribution >= 4 is 23.5 Å². The summed E-state index contributed by atoms with van der Waals surface area (Å²) < 4.78 is 0. The molecule has 150 valence electrons. The first-order valence-electron chi connectivity index (χ1n) is 10.1. The number of hydrogen-bond donors (Lipinski definition) is 2. The van der Waals surface area contributed by atoms with Crippen LogP contribution in [-0.2, 0) is 9.59 Å². The zero-order chi connectivity index (χ0) is 19.9. The molecule has 1 aromatic rings. The van der Waals surface area contributed by atoms with Gasteiger partial charge in [-0.1, -0.05) is 12.1 Å². The van der Waals surface area contributed by atoms with E-state index in [9.17, 15) is 14.4 Å². The van der Waals surface area contributed by atoms with Crippen molar-refractivity contribution in [1.29, 1.82) is 0 Å². The number of hydrogen-bond acceptors (Lipinski definition) is 4. The lowest BCUT2D eigenvalue weighted by molar-refractivity contribution is -0.132. The molecule has 7 nitrogen and oxygen atoms in total. The highest BCUT2D eigenvalue weighted by molar-refractivity contribution is 6.07. The minimum absolute atomic E-state index is 0.0644. The summed E-state index contributed by atoms with van der Waals surface area (Å²) in [6, 6.07) is 6.02. The van der Waals surface area contributed by atoms with Crippen LogP contribution in [0.25, 0.3) is 0 Å². The fourth-order valence-corrected chi connectivity index (χ4v) is 4.47. The van der Waals surface area contributed by atoms with Crippen molar-refractivity contribution in [2.24, 2.45) is 5.92 Å². The van der Waals surface area contributed by atoms with E-state index in [-0.39, 0.29) is 24.2 Å². The van der Waals surface area contributed by atoms with Crippen LogP contribution in [0.2, 0.25) is 0 Å². The number of amides is 4. The first kappa shape index (κ1) is 18.8. The van der Waals surface area contributed by atoms with Crippen molar-refractivity contribution in [2.75, 3.05) is 31.1 Å². The number of nitrogens with zero attached hydrogens (tertiary/aromatic N) is 2. The fraction of sp³-hybridized carbons (Fsp3) is 0.571. The molecule has 28 heavy (non-hydrogen) atoms. The van der Waals surface area contributed by atoms with Crippen molar-refractivity contribution in [3.63, 3.8) is 0 Å². The van der Waals surface area contributed by atoms with E-state index in [2.05, 4.69) is 47.6 Å². The molecule has 1 aliphatic carbocycles. The number of piperazine rings is 1. The number of anilines is 1. The highest BCUT2D eigenvalue weighted by atomic mass is 16.2. The SMILES string of the molecule is Cc1ccc(C)c(N2CCN(C(=O)CCC3(C4CC4)NC(=O)NC3=O)CC2)c1. The Morgan fingerprint density at radius 3 is 2.46 bits per heavy atom. The van der Waals surface area contributed by atoms with Crippen LogP contribution in [0.1, 0.15) is 36.8 Å². The Morgan fingerprint density at radius 1 is 1.14 bits per heavy atom. The van der Waals surface area contributed by atoms with E-state index in [4.69, 9.17) is 0 Å². The molecule has 4 amide bonds. The summed E-state index contributed by atoms with van der Waals surface area (Å²) in [4.78, 5) is 40.9. The molecule has 2 N–H and O–H groups in total. The number of urea groups is 1. The Balaban J connectivity index is 1.34. The zero-order valence-electron chi connectivity index (χ0n) is 16.6. The van der Waals surface area contributed by atoms with Gasteiger partial charge in [0.15, 0.2) is 0 Å². The van der Waals surface area contributed by atoms with E-state index in [1.807, 2.05) is 4.90 Å². The number of rotatable bonds is 5. The van der Waals surface area contributed by atoms with E-state index in [1.54, 1.807) is 0 Å². The summed E-state index contributed by atoms with van der Waals surface area (Å²) in [5.74, 6) is -0.0463. The number of nitrogens with one attached hydrogen (secondary N) is 2. The second-order valence-electron chi connectivity index (χ2n) is 8.31. The molecule has 1 unspecified atom stereocenters. The smallest absolute Gasteiger partial charge is 0.322 e. The number of aryl methyl sites for hydroxylation is 2. The van der Waals surface area contributed by atoms with Gasteiger partial charge in [0.1, 0.15) is 5.54 Å². The summed E-state index contributed by atoms with van der Waals surface area (Å²) in [6.45, 7) is 7.19. The average molecular weight is 384 g/mol. The normalized spacial score (nSPS) is 24.9. The van der Waals surface area contributed by atoms with Crippen LogP contribution in [0.3, 0.4) is 0 Å². The topological polar surface area (TPSA) is 81.8 Å². The van der Waals surface area contributed by atoms with Gasteiger partial charge in [0.25, 0.3) is 5.91 Å². The highest BCUT2D eigenvalue weighted by Crippen LogP contribution is 2.43. The van der Waals surface area contributed by atoms with Crippen LogP contribution < -0.4 is 15.5 Å². The van der Waals surface area contributed by atoms with Crippen LogP contribution >= 0.6 is 0 Å². The maximum Gasteiger partial charge on any atom is 0.322 e. The Bertz CT molecular complexity index is 812. The summed E-state index contributed by atoms with van der Waals surface area (Å²) in [6.07, 6.45) is 2.52. The predicted molar refractivity (Wildman–Crippen MR) is 106 cm³/mol. The highest BCUT2D eigenvalue weighted by Gasteiger charge is 2.55. The third-order valence-corrected chi connectivity index (χ3v) is 6.31. The van der Waals surface area contributed by atoms with Crippen LogP contribution in [0.5, 0.6) is 0 Å². The minimum atomic E-state index is -0.882. The van der Waals surface area contributed by atoms with Crippen molar-refractivity contribution in [3.8, 4) is 0 Å².